The maximum Gasteiger partial charge on any atom is 0.0582 e. The van der Waals surface area contributed by atoms with Crippen molar-refractivity contribution >= 4 is 121 Å². The number of hydrogen-bond donors (Lipinski definition) is 0. The summed E-state index contributed by atoms with van der Waals surface area (Å²) in [6.45, 7) is 9.62. The van der Waals surface area contributed by atoms with Gasteiger partial charge < -0.3 is 18.9 Å². The zero-order valence-corrected chi connectivity index (χ0v) is 55.0. The second-order valence-corrected chi connectivity index (χ2v) is 28.1. The zero-order valence-electron chi connectivity index (χ0n) is 55.0. The lowest BCUT2D eigenvalue weighted by Crippen LogP contribution is -2.26. The predicted octanol–water partition coefficient (Wildman–Crippen LogP) is 25.7. The van der Waals surface area contributed by atoms with Crippen molar-refractivity contribution in [3.63, 3.8) is 0 Å². The van der Waals surface area contributed by atoms with Crippen LogP contribution < -0.4 is 9.80 Å². The van der Waals surface area contributed by atoms with Crippen LogP contribution in [0.5, 0.6) is 0 Å². The molecular formula is C94H66N4. The highest BCUT2D eigenvalue weighted by Crippen LogP contribution is 2.54. The summed E-state index contributed by atoms with van der Waals surface area (Å²) in [5.41, 5.74) is 26.1. The lowest BCUT2D eigenvalue weighted by molar-refractivity contribution is 0.630. The van der Waals surface area contributed by atoms with E-state index >= 15 is 0 Å². The lowest BCUT2D eigenvalue weighted by Gasteiger charge is -2.35. The van der Waals surface area contributed by atoms with E-state index in [1.807, 2.05) is 0 Å². The zero-order chi connectivity index (χ0) is 65.1. The number of benzene rings is 16. The number of rotatable bonds is 9. The van der Waals surface area contributed by atoms with Crippen molar-refractivity contribution in [3.8, 4) is 44.8 Å². The van der Waals surface area contributed by atoms with Crippen LogP contribution in [0.1, 0.15) is 49.9 Å². The molecule has 0 aliphatic carbocycles. The molecule has 20 rings (SSSR count). The van der Waals surface area contributed by atoms with Crippen molar-refractivity contribution < 1.29 is 0 Å². The molecule has 4 heterocycles. The second kappa shape index (κ2) is 21.1. The molecule has 0 saturated heterocycles. The predicted molar refractivity (Wildman–Crippen MR) is 415 cm³/mol. The van der Waals surface area contributed by atoms with Crippen LogP contribution in [-0.2, 0) is 10.8 Å². The highest BCUT2D eigenvalue weighted by molar-refractivity contribution is 6.17. The number of fused-ring (bicyclic) bond motifs is 14. The van der Waals surface area contributed by atoms with E-state index in [2.05, 4.69) is 374 Å². The highest BCUT2D eigenvalue weighted by atomic mass is 15.2. The van der Waals surface area contributed by atoms with Crippen molar-refractivity contribution in [1.29, 1.82) is 0 Å². The first kappa shape index (κ1) is 56.1. The van der Waals surface area contributed by atoms with Gasteiger partial charge in [0.25, 0.3) is 0 Å². The van der Waals surface area contributed by atoms with E-state index in [1.165, 1.54) is 143 Å². The maximum absolute atomic E-state index is 2.54. The van der Waals surface area contributed by atoms with Gasteiger partial charge >= 0.3 is 0 Å². The molecule has 0 saturated carbocycles. The van der Waals surface area contributed by atoms with Crippen molar-refractivity contribution in [1.82, 2.24) is 9.13 Å². The summed E-state index contributed by atoms with van der Waals surface area (Å²) in [6.07, 6.45) is 0. The molecule has 18 aromatic rings. The topological polar surface area (TPSA) is 16.3 Å². The quantitative estimate of drug-likeness (QED) is 0.143. The minimum Gasteiger partial charge on any atom is -0.310 e. The van der Waals surface area contributed by atoms with Gasteiger partial charge in [0.05, 0.1) is 44.8 Å². The number of aromatic nitrogens is 2. The van der Waals surface area contributed by atoms with E-state index in [0.717, 1.165) is 45.3 Å². The molecule has 2 aliphatic heterocycles. The van der Waals surface area contributed by atoms with Gasteiger partial charge in [-0.3, -0.25) is 0 Å². The van der Waals surface area contributed by atoms with E-state index in [9.17, 15) is 0 Å². The summed E-state index contributed by atoms with van der Waals surface area (Å²) in [7, 11) is 0. The van der Waals surface area contributed by atoms with Gasteiger partial charge in [-0.2, -0.15) is 0 Å². The molecule has 4 heteroatoms. The lowest BCUT2D eigenvalue weighted by atomic mass is 9.74. The van der Waals surface area contributed by atoms with Crippen LogP contribution in [0.2, 0.25) is 0 Å². The van der Waals surface area contributed by atoms with Crippen LogP contribution in [0.15, 0.2) is 328 Å². The van der Waals surface area contributed by atoms with Gasteiger partial charge in [0, 0.05) is 65.9 Å². The third kappa shape index (κ3) is 8.37. The summed E-state index contributed by atoms with van der Waals surface area (Å²) in [6, 6.07) is 123. The van der Waals surface area contributed by atoms with Gasteiger partial charge in [-0.25, -0.2) is 0 Å². The first-order chi connectivity index (χ1) is 48.1. The number of para-hydroxylation sites is 3. The third-order valence-electron chi connectivity index (χ3n) is 21.9. The first-order valence-corrected chi connectivity index (χ1v) is 34.3. The average molecular weight is 1250 g/mol. The Hall–Kier alpha value is -12.2. The number of hydrogen-bond acceptors (Lipinski definition) is 2. The molecule has 0 fully saturated rings. The molecule has 2 aliphatic rings. The van der Waals surface area contributed by atoms with Crippen molar-refractivity contribution in [2.75, 3.05) is 9.80 Å². The van der Waals surface area contributed by atoms with Gasteiger partial charge in [0.2, 0.25) is 0 Å². The first-order valence-electron chi connectivity index (χ1n) is 34.3. The Balaban J connectivity index is 0.724. The monoisotopic (exact) mass is 1250 g/mol. The van der Waals surface area contributed by atoms with E-state index in [-0.39, 0.29) is 10.8 Å². The Labute approximate surface area is 569 Å². The highest BCUT2D eigenvalue weighted by Gasteiger charge is 2.38. The smallest absolute Gasteiger partial charge is 0.0582 e. The van der Waals surface area contributed by atoms with Crippen LogP contribution in [0.3, 0.4) is 0 Å². The fraction of sp³-hybridized carbons (Fsp3) is 0.0638. The van der Waals surface area contributed by atoms with Crippen LogP contribution in [0.25, 0.3) is 131 Å². The van der Waals surface area contributed by atoms with E-state index < -0.39 is 0 Å². The molecule has 4 nitrogen and oxygen atoms in total. The Morgan fingerprint density at radius 3 is 1.19 bits per heavy atom. The van der Waals surface area contributed by atoms with Gasteiger partial charge in [-0.05, 0) is 215 Å². The van der Waals surface area contributed by atoms with Gasteiger partial charge in [-0.1, -0.05) is 228 Å². The number of nitrogens with zero attached hydrogens (tertiary/aromatic N) is 4. The fourth-order valence-electron chi connectivity index (χ4n) is 17.1. The SMILES string of the molecule is CC1(C)c2ccccc2-n2c3ccc(N(c4ccccc4)c4cccc(-c5ccc6ccc(-c7cc8c9c(c7)c7cc(N(c%10cccc%11ccccc%10%11)c%10cccc%11ccccc%10%11)ccc7n9-c7ccccc7C8(C)C)cc6c5)c4)cc3c3cc(-c4ccc5ccccc5c4)cc1c32. The maximum atomic E-state index is 2.54. The molecule has 0 N–H and O–H groups in total. The van der Waals surface area contributed by atoms with E-state index in [4.69, 9.17) is 0 Å². The van der Waals surface area contributed by atoms with Crippen LogP contribution >= 0.6 is 0 Å². The van der Waals surface area contributed by atoms with Gasteiger partial charge in [0.15, 0.2) is 0 Å². The molecular weight excluding hydrogens is 1190 g/mol. The summed E-state index contributed by atoms with van der Waals surface area (Å²) < 4.78 is 5.08. The second-order valence-electron chi connectivity index (χ2n) is 28.1. The third-order valence-corrected chi connectivity index (χ3v) is 21.9. The largest absolute Gasteiger partial charge is 0.310 e. The standard InChI is InChI=1S/C94H66N4/c1-93(2)81-33-14-16-35-89(81)97-87-47-45-73(57-77(87)79-53-69(55-83(93)91(79)97)66-43-39-59-21-8-9-24-63(59)49-66)95(71-28-6-5-7-29-71)72-30-18-27-64(52-72)65-42-40-60-41-44-67(51-68(60)50-65)70-54-80-78-58-74(46-48-88(78)98-90-36-17-15-34-82(90)94(3,4)84(56-70)92(80)98)96(85-37-19-25-61-22-10-12-31-75(61)85)86-38-20-26-62-23-11-13-32-76(62)86/h5-58H,1-4H3. The summed E-state index contributed by atoms with van der Waals surface area (Å²) >= 11 is 0. The Morgan fingerprint density at radius 2 is 0.633 bits per heavy atom. The Morgan fingerprint density at radius 1 is 0.224 bits per heavy atom. The van der Waals surface area contributed by atoms with Gasteiger partial charge in [0.1, 0.15) is 0 Å². The molecule has 16 aromatic carbocycles. The van der Waals surface area contributed by atoms with Crippen molar-refractivity contribution in [2.24, 2.45) is 0 Å². The molecule has 0 radical (unpaired) electrons. The molecule has 0 unspecified atom stereocenters. The van der Waals surface area contributed by atoms with E-state index in [0.29, 0.717) is 0 Å². The van der Waals surface area contributed by atoms with Crippen LogP contribution in [0, 0.1) is 0 Å². The minimum atomic E-state index is -0.286. The Kier molecular flexibility index (Phi) is 12.1. The molecule has 0 bridgehead atoms. The van der Waals surface area contributed by atoms with Gasteiger partial charge in [-0.15, -0.1) is 0 Å². The molecule has 2 aromatic heterocycles. The van der Waals surface area contributed by atoms with E-state index in [1.54, 1.807) is 0 Å². The number of anilines is 6. The summed E-state index contributed by atoms with van der Waals surface area (Å²) in [4.78, 5) is 4.92. The minimum absolute atomic E-state index is 0.235. The van der Waals surface area contributed by atoms with Crippen LogP contribution in [0.4, 0.5) is 34.1 Å². The normalized spacial score (nSPS) is 13.5. The molecule has 462 valence electrons. The van der Waals surface area contributed by atoms with Crippen LogP contribution in [-0.4, -0.2) is 9.13 Å². The summed E-state index contributed by atoms with van der Waals surface area (Å²) in [5, 5.41) is 14.7. The fourth-order valence-corrected chi connectivity index (χ4v) is 17.1. The summed E-state index contributed by atoms with van der Waals surface area (Å²) in [5.74, 6) is 0. The average Bonchev–Trinajstić information content (AvgIpc) is 1.51. The molecule has 0 spiro atoms. The van der Waals surface area contributed by atoms with Crippen molar-refractivity contribution in [2.45, 2.75) is 38.5 Å². The Bertz CT molecular complexity index is 6310. The molecule has 0 amide bonds. The van der Waals surface area contributed by atoms with Crippen molar-refractivity contribution in [3.05, 3.63) is 350 Å². The molecule has 98 heavy (non-hydrogen) atoms. The molecule has 0 atom stereocenters.